The number of amides is 2. The summed E-state index contributed by atoms with van der Waals surface area (Å²) in [7, 11) is 2.85. The molecule has 1 unspecified atom stereocenters. The van der Waals surface area contributed by atoms with E-state index in [9.17, 15) is 18.4 Å². The van der Waals surface area contributed by atoms with Crippen LogP contribution in [-0.4, -0.2) is 40.6 Å². The molecule has 0 N–H and O–H groups in total. The number of rotatable bonds is 7. The first-order valence-corrected chi connectivity index (χ1v) is 9.39. The first-order chi connectivity index (χ1) is 13.4. The summed E-state index contributed by atoms with van der Waals surface area (Å²) in [6.07, 6.45) is 2.36. The van der Waals surface area contributed by atoms with Crippen LogP contribution in [-0.2, 0) is 11.3 Å². The summed E-state index contributed by atoms with van der Waals surface area (Å²) >= 11 is 0. The van der Waals surface area contributed by atoms with Crippen LogP contribution in [0.15, 0.2) is 42.6 Å². The van der Waals surface area contributed by atoms with Gasteiger partial charge in [0.1, 0.15) is 12.0 Å². The summed E-state index contributed by atoms with van der Waals surface area (Å²) in [6, 6.07) is 8.89. The van der Waals surface area contributed by atoms with Gasteiger partial charge in [0.25, 0.3) is 0 Å². The van der Waals surface area contributed by atoms with Gasteiger partial charge in [-0.2, -0.15) is 8.78 Å². The Morgan fingerprint density at radius 3 is 2.38 bits per heavy atom. The summed E-state index contributed by atoms with van der Waals surface area (Å²) in [5, 5.41) is 0. The van der Waals surface area contributed by atoms with Crippen molar-refractivity contribution >= 4 is 27.2 Å². The zero-order chi connectivity index (χ0) is 21.8. The Hall–Kier alpha value is -2.60. The van der Waals surface area contributed by atoms with Crippen LogP contribution in [0.3, 0.4) is 0 Å². The second-order valence-corrected chi connectivity index (χ2v) is 7.83. The Morgan fingerprint density at radius 1 is 1.24 bits per heavy atom. The molecule has 0 fully saturated rings. The van der Waals surface area contributed by atoms with Gasteiger partial charge in [0.15, 0.2) is 0 Å². The van der Waals surface area contributed by atoms with E-state index in [2.05, 4.69) is 9.72 Å². The van der Waals surface area contributed by atoms with E-state index >= 15 is 0 Å². The Kier molecular flexibility index (Phi) is 6.90. The quantitative estimate of drug-likeness (QED) is 0.494. The monoisotopic (exact) mass is 423 g/mol. The number of carbonyl (C=O) groups is 2. The smallest absolute Gasteiger partial charge is 0.408 e. The number of aromatic nitrogens is 1. The third-order valence-electron chi connectivity index (χ3n) is 4.28. The number of nitrogens with zero attached hydrogens (tertiary/aromatic N) is 3. The molecule has 1 aromatic carbocycles. The number of hydrogen-bond donors (Lipinski definition) is 0. The van der Waals surface area contributed by atoms with E-state index in [4.69, 9.17) is 0 Å². The Labute approximate surface area is 171 Å². The summed E-state index contributed by atoms with van der Waals surface area (Å²) in [5.74, 6) is -3.41. The fourth-order valence-electron chi connectivity index (χ4n) is 2.65. The molecule has 2 aromatic rings. The number of urea groups is 1. The minimum atomic E-state index is -3.38. The zero-order valence-corrected chi connectivity index (χ0v) is 17.9. The number of aryl methyl sites for hydroxylation is 1. The van der Waals surface area contributed by atoms with Crippen molar-refractivity contribution in [2.45, 2.75) is 38.7 Å². The van der Waals surface area contributed by atoms with Crippen LogP contribution in [0.25, 0.3) is 0 Å². The molecule has 0 saturated heterocycles. The van der Waals surface area contributed by atoms with E-state index in [-0.39, 0.29) is 12.3 Å². The highest BCUT2D eigenvalue weighted by molar-refractivity contribution is 7.17. The van der Waals surface area contributed by atoms with Crippen molar-refractivity contribution in [2.24, 2.45) is 0 Å². The van der Waals surface area contributed by atoms with Gasteiger partial charge in [-0.15, -0.1) is 0 Å². The summed E-state index contributed by atoms with van der Waals surface area (Å²) in [4.78, 5) is 31.8. The van der Waals surface area contributed by atoms with Gasteiger partial charge in [-0.25, -0.2) is 4.79 Å². The van der Waals surface area contributed by atoms with Crippen LogP contribution in [0.2, 0.25) is 0 Å². The van der Waals surface area contributed by atoms with Gasteiger partial charge in [-0.3, -0.25) is 9.88 Å². The fraction of sp³-hybridized carbons (Fsp3) is 0.350. The Balaban J connectivity index is 2.26. The van der Waals surface area contributed by atoms with E-state index in [1.165, 1.54) is 43.3 Å². The molecule has 2 rings (SSSR count). The van der Waals surface area contributed by atoms with E-state index in [1.807, 2.05) is 13.0 Å². The third-order valence-corrected chi connectivity index (χ3v) is 4.40. The molecular formula is C20H24F2N3O3P. The van der Waals surface area contributed by atoms with Crippen molar-refractivity contribution in [3.63, 3.8) is 0 Å². The van der Waals surface area contributed by atoms with Crippen molar-refractivity contribution < 1.29 is 23.1 Å². The molecule has 1 atom stereocenters. The van der Waals surface area contributed by atoms with Crippen molar-refractivity contribution in [3.05, 3.63) is 53.9 Å². The lowest BCUT2D eigenvalue weighted by Crippen LogP contribution is -2.53. The largest absolute Gasteiger partial charge is 0.430 e. The number of pyridine rings is 1. The second kappa shape index (κ2) is 8.82. The molecule has 1 heterocycles. The first-order valence-electron chi connectivity index (χ1n) is 8.82. The van der Waals surface area contributed by atoms with Gasteiger partial charge >= 0.3 is 11.9 Å². The SMILES string of the molecule is Cc1cc(CN(C(=O)N(C)c2ccc(OC(F)(F)P)cc2)C(C)(C)C=O)ccn1. The molecule has 156 valence electrons. The molecule has 0 spiro atoms. The summed E-state index contributed by atoms with van der Waals surface area (Å²) < 4.78 is 30.3. The normalized spacial score (nSPS) is 11.7. The summed E-state index contributed by atoms with van der Waals surface area (Å²) in [6.45, 7) is 5.35. The maximum absolute atomic E-state index is 13.2. The molecule has 1 aromatic heterocycles. The minimum Gasteiger partial charge on any atom is -0.430 e. The van der Waals surface area contributed by atoms with E-state index in [0.29, 0.717) is 12.0 Å². The highest BCUT2D eigenvalue weighted by Crippen LogP contribution is 2.29. The summed E-state index contributed by atoms with van der Waals surface area (Å²) in [5.41, 5.74) is 1.04. The van der Waals surface area contributed by atoms with Gasteiger partial charge in [0.05, 0.1) is 5.54 Å². The average Bonchev–Trinajstić information content (AvgIpc) is 2.64. The number of halogens is 2. The third kappa shape index (κ3) is 6.19. The molecule has 0 aliphatic heterocycles. The molecule has 0 radical (unpaired) electrons. The van der Waals surface area contributed by atoms with E-state index in [0.717, 1.165) is 11.3 Å². The molecule has 2 amide bonds. The van der Waals surface area contributed by atoms with Gasteiger partial charge in [-0.1, -0.05) is 0 Å². The van der Waals surface area contributed by atoms with E-state index in [1.54, 1.807) is 33.2 Å². The zero-order valence-electron chi connectivity index (χ0n) is 16.7. The molecule has 6 nitrogen and oxygen atoms in total. The van der Waals surface area contributed by atoms with Gasteiger partial charge < -0.3 is 14.4 Å². The van der Waals surface area contributed by atoms with Crippen LogP contribution < -0.4 is 9.64 Å². The van der Waals surface area contributed by atoms with Gasteiger partial charge in [0, 0.05) is 31.2 Å². The molecular weight excluding hydrogens is 399 g/mol. The molecule has 0 aliphatic carbocycles. The second-order valence-electron chi connectivity index (χ2n) is 7.16. The Morgan fingerprint density at radius 2 is 1.86 bits per heavy atom. The highest BCUT2D eigenvalue weighted by Gasteiger charge is 2.33. The van der Waals surface area contributed by atoms with Crippen molar-refractivity contribution in [1.29, 1.82) is 0 Å². The van der Waals surface area contributed by atoms with Crippen molar-refractivity contribution in [3.8, 4) is 5.75 Å². The number of anilines is 1. The molecule has 0 bridgehead atoms. The molecule has 0 aliphatic rings. The fourth-order valence-corrected chi connectivity index (χ4v) is 2.79. The number of carbonyl (C=O) groups excluding carboxylic acids is 2. The van der Waals surface area contributed by atoms with Crippen molar-refractivity contribution in [2.75, 3.05) is 11.9 Å². The number of aldehydes is 1. The number of benzene rings is 1. The number of ether oxygens (including phenoxy) is 1. The number of hydrogen-bond acceptors (Lipinski definition) is 4. The lowest BCUT2D eigenvalue weighted by atomic mass is 10.0. The first kappa shape index (κ1) is 22.7. The van der Waals surface area contributed by atoms with Crippen LogP contribution in [0, 0.1) is 6.92 Å². The Bertz CT molecular complexity index is 870. The lowest BCUT2D eigenvalue weighted by molar-refractivity contribution is -0.115. The van der Waals surface area contributed by atoms with Crippen LogP contribution in [0.1, 0.15) is 25.1 Å². The van der Waals surface area contributed by atoms with Crippen LogP contribution >= 0.6 is 9.24 Å². The molecule has 0 saturated carbocycles. The maximum Gasteiger partial charge on any atom is 0.408 e. The van der Waals surface area contributed by atoms with Crippen LogP contribution in [0.4, 0.5) is 19.3 Å². The molecule has 9 heteroatoms. The van der Waals surface area contributed by atoms with Gasteiger partial charge in [-0.05, 0) is 72.0 Å². The molecule has 29 heavy (non-hydrogen) atoms. The lowest BCUT2D eigenvalue weighted by Gasteiger charge is -2.37. The van der Waals surface area contributed by atoms with Crippen LogP contribution in [0.5, 0.6) is 5.75 Å². The topological polar surface area (TPSA) is 62.7 Å². The standard InChI is InChI=1S/C20H24F2N3O3P/c1-14-11-15(9-10-23-14)12-25(19(2,3)13-26)18(27)24(4)16-5-7-17(8-6-16)28-20(21,22)29/h5-11,13H,12,29H2,1-4H3. The predicted octanol–water partition coefficient (Wildman–Crippen LogP) is 4.23. The minimum absolute atomic E-state index is 0.0352. The maximum atomic E-state index is 13.2. The highest BCUT2D eigenvalue weighted by atomic mass is 31.0. The van der Waals surface area contributed by atoms with Crippen molar-refractivity contribution in [1.82, 2.24) is 9.88 Å². The average molecular weight is 423 g/mol. The predicted molar refractivity (Wildman–Crippen MR) is 110 cm³/mol. The number of alkyl halides is 2. The van der Waals surface area contributed by atoms with E-state index < -0.39 is 17.4 Å². The van der Waals surface area contributed by atoms with Gasteiger partial charge in [0.2, 0.25) is 0 Å².